The molecule has 4 rings (SSSR count). The van der Waals surface area contributed by atoms with Crippen LogP contribution in [0.2, 0.25) is 0 Å². The van der Waals surface area contributed by atoms with Gasteiger partial charge in [0.2, 0.25) is 5.91 Å². The molecule has 1 aliphatic heterocycles. The Morgan fingerprint density at radius 1 is 1.04 bits per heavy atom. The first-order chi connectivity index (χ1) is 12.7. The largest absolute Gasteiger partial charge is 0.351 e. The van der Waals surface area contributed by atoms with Gasteiger partial charge in [0.15, 0.2) is 0 Å². The summed E-state index contributed by atoms with van der Waals surface area (Å²) in [5.41, 5.74) is 2.49. The Bertz CT molecular complexity index is 812. The molecule has 2 aliphatic rings. The molecule has 0 unspecified atom stereocenters. The second-order valence-corrected chi connectivity index (χ2v) is 7.28. The monoisotopic (exact) mass is 348 g/mol. The number of carbonyl (C=O) groups excluding carboxylic acids is 2. The van der Waals surface area contributed by atoms with E-state index in [0.29, 0.717) is 5.56 Å². The van der Waals surface area contributed by atoms with Crippen LogP contribution in [0.5, 0.6) is 0 Å². The van der Waals surface area contributed by atoms with Crippen LogP contribution in [0.3, 0.4) is 0 Å². The number of nitrogens with zero attached hydrogens (tertiary/aromatic N) is 1. The predicted molar refractivity (Wildman–Crippen MR) is 101 cm³/mol. The quantitative estimate of drug-likeness (QED) is 0.908. The van der Waals surface area contributed by atoms with E-state index in [9.17, 15) is 9.59 Å². The highest BCUT2D eigenvalue weighted by Crippen LogP contribution is 2.40. The third-order valence-electron chi connectivity index (χ3n) is 5.65. The van der Waals surface area contributed by atoms with Crippen LogP contribution in [0.15, 0.2) is 54.6 Å². The van der Waals surface area contributed by atoms with Crippen LogP contribution < -0.4 is 5.32 Å². The zero-order chi connectivity index (χ0) is 18.1. The van der Waals surface area contributed by atoms with Crippen molar-refractivity contribution in [3.63, 3.8) is 0 Å². The van der Waals surface area contributed by atoms with E-state index in [1.54, 1.807) is 4.90 Å². The van der Waals surface area contributed by atoms with E-state index < -0.39 is 6.04 Å². The van der Waals surface area contributed by atoms with E-state index in [2.05, 4.69) is 5.32 Å². The van der Waals surface area contributed by atoms with Crippen molar-refractivity contribution in [2.24, 2.45) is 0 Å². The number of benzene rings is 2. The van der Waals surface area contributed by atoms with Crippen LogP contribution in [0.4, 0.5) is 0 Å². The number of fused-ring (bicyclic) bond motifs is 1. The smallest absolute Gasteiger partial charge is 0.255 e. The SMILES string of the molecule is C[C@H](c1ccccc1)N1C(=O)c2ccccc2[C@H]1C(=O)NC1CCCC1. The molecule has 0 saturated heterocycles. The average Bonchev–Trinajstić information content (AvgIpc) is 3.28. The summed E-state index contributed by atoms with van der Waals surface area (Å²) in [5, 5.41) is 3.19. The van der Waals surface area contributed by atoms with E-state index in [-0.39, 0.29) is 23.9 Å². The molecule has 4 heteroatoms. The third kappa shape index (κ3) is 2.90. The second-order valence-electron chi connectivity index (χ2n) is 7.28. The number of hydrogen-bond acceptors (Lipinski definition) is 2. The molecule has 0 bridgehead atoms. The molecule has 0 radical (unpaired) electrons. The summed E-state index contributed by atoms with van der Waals surface area (Å²) in [7, 11) is 0. The Balaban J connectivity index is 1.69. The Hall–Kier alpha value is -2.62. The van der Waals surface area contributed by atoms with Gasteiger partial charge >= 0.3 is 0 Å². The van der Waals surface area contributed by atoms with Crippen LogP contribution in [0.25, 0.3) is 0 Å². The molecule has 4 nitrogen and oxygen atoms in total. The lowest BCUT2D eigenvalue weighted by Crippen LogP contribution is -2.43. The molecule has 0 aromatic heterocycles. The van der Waals surface area contributed by atoms with Crippen LogP contribution in [0.1, 0.15) is 66.2 Å². The minimum Gasteiger partial charge on any atom is -0.351 e. The number of amides is 2. The molecule has 1 N–H and O–H groups in total. The summed E-state index contributed by atoms with van der Waals surface area (Å²) in [5.74, 6) is -0.124. The molecule has 1 fully saturated rings. The second kappa shape index (κ2) is 6.94. The fourth-order valence-electron chi connectivity index (χ4n) is 4.25. The number of rotatable bonds is 4. The lowest BCUT2D eigenvalue weighted by Gasteiger charge is -2.31. The topological polar surface area (TPSA) is 49.4 Å². The third-order valence-corrected chi connectivity index (χ3v) is 5.65. The molecular formula is C22H24N2O2. The van der Waals surface area contributed by atoms with Gasteiger partial charge in [-0.1, -0.05) is 61.4 Å². The van der Waals surface area contributed by atoms with Crippen molar-refractivity contribution >= 4 is 11.8 Å². The van der Waals surface area contributed by atoms with Gasteiger partial charge in [0, 0.05) is 11.6 Å². The zero-order valence-corrected chi connectivity index (χ0v) is 15.0. The molecule has 1 aliphatic carbocycles. The molecule has 2 aromatic rings. The van der Waals surface area contributed by atoms with Crippen molar-refractivity contribution in [2.75, 3.05) is 0 Å². The van der Waals surface area contributed by atoms with Gasteiger partial charge in [0.05, 0.1) is 6.04 Å². The van der Waals surface area contributed by atoms with Gasteiger partial charge in [-0.2, -0.15) is 0 Å². The van der Waals surface area contributed by atoms with Crippen molar-refractivity contribution in [3.05, 3.63) is 71.3 Å². The van der Waals surface area contributed by atoms with Crippen LogP contribution >= 0.6 is 0 Å². The maximum atomic E-state index is 13.2. The number of carbonyl (C=O) groups is 2. The summed E-state index contributed by atoms with van der Waals surface area (Å²) < 4.78 is 0. The molecule has 2 amide bonds. The number of hydrogen-bond donors (Lipinski definition) is 1. The zero-order valence-electron chi connectivity index (χ0n) is 15.0. The van der Waals surface area contributed by atoms with Crippen molar-refractivity contribution in [3.8, 4) is 0 Å². The van der Waals surface area contributed by atoms with Gasteiger partial charge < -0.3 is 10.2 Å². The molecule has 134 valence electrons. The summed E-state index contributed by atoms with van der Waals surface area (Å²) in [4.78, 5) is 28.0. The van der Waals surface area contributed by atoms with Crippen LogP contribution in [0, 0.1) is 0 Å². The van der Waals surface area contributed by atoms with Gasteiger partial charge in [0.25, 0.3) is 5.91 Å². The Morgan fingerprint density at radius 3 is 2.42 bits per heavy atom. The first-order valence-corrected chi connectivity index (χ1v) is 9.43. The van der Waals surface area contributed by atoms with Gasteiger partial charge in [0.1, 0.15) is 6.04 Å². The number of nitrogens with one attached hydrogen (secondary N) is 1. The molecule has 26 heavy (non-hydrogen) atoms. The van der Waals surface area contributed by atoms with Crippen molar-refractivity contribution in [1.82, 2.24) is 10.2 Å². The minimum absolute atomic E-state index is 0.0574. The lowest BCUT2D eigenvalue weighted by atomic mass is 10.0. The normalized spacial score (nSPS) is 20.9. The highest BCUT2D eigenvalue weighted by atomic mass is 16.2. The van der Waals surface area contributed by atoms with E-state index in [1.807, 2.05) is 61.5 Å². The molecule has 2 atom stereocenters. The molecule has 0 spiro atoms. The van der Waals surface area contributed by atoms with Crippen LogP contribution in [-0.4, -0.2) is 22.8 Å². The summed E-state index contributed by atoms with van der Waals surface area (Å²) >= 11 is 0. The summed E-state index contributed by atoms with van der Waals surface area (Å²) in [6.07, 6.45) is 4.38. The molecular weight excluding hydrogens is 324 g/mol. The van der Waals surface area contributed by atoms with Crippen LogP contribution in [-0.2, 0) is 4.79 Å². The summed E-state index contributed by atoms with van der Waals surface area (Å²) in [6.45, 7) is 2.00. The minimum atomic E-state index is -0.561. The Kier molecular flexibility index (Phi) is 4.49. The fourth-order valence-corrected chi connectivity index (χ4v) is 4.25. The van der Waals surface area contributed by atoms with Crippen molar-refractivity contribution in [2.45, 2.75) is 50.7 Å². The Labute approximate surface area is 154 Å². The van der Waals surface area contributed by atoms with E-state index in [1.165, 1.54) is 0 Å². The van der Waals surface area contributed by atoms with E-state index >= 15 is 0 Å². The average molecular weight is 348 g/mol. The molecule has 1 heterocycles. The first kappa shape index (κ1) is 16.8. The lowest BCUT2D eigenvalue weighted by molar-refractivity contribution is -0.126. The molecule has 1 saturated carbocycles. The maximum Gasteiger partial charge on any atom is 0.255 e. The van der Waals surface area contributed by atoms with Gasteiger partial charge in [-0.3, -0.25) is 9.59 Å². The highest BCUT2D eigenvalue weighted by Gasteiger charge is 2.43. The van der Waals surface area contributed by atoms with E-state index in [0.717, 1.165) is 36.8 Å². The highest BCUT2D eigenvalue weighted by molar-refractivity contribution is 6.05. The van der Waals surface area contributed by atoms with Crippen molar-refractivity contribution in [1.29, 1.82) is 0 Å². The van der Waals surface area contributed by atoms with Gasteiger partial charge in [-0.25, -0.2) is 0 Å². The molecule has 2 aromatic carbocycles. The van der Waals surface area contributed by atoms with Gasteiger partial charge in [-0.05, 0) is 37.0 Å². The van der Waals surface area contributed by atoms with Crippen molar-refractivity contribution < 1.29 is 9.59 Å². The van der Waals surface area contributed by atoms with Gasteiger partial charge in [-0.15, -0.1) is 0 Å². The van der Waals surface area contributed by atoms with E-state index in [4.69, 9.17) is 0 Å². The standard InChI is InChI=1S/C22H24N2O2/c1-15(16-9-3-2-4-10-16)24-20(21(25)23-17-11-5-6-12-17)18-13-7-8-14-19(18)22(24)26/h2-4,7-10,13-15,17,20H,5-6,11-12H2,1H3,(H,23,25)/t15-,20+/m1/s1. The first-order valence-electron chi connectivity index (χ1n) is 9.43. The predicted octanol–water partition coefficient (Wildman–Crippen LogP) is 4.00. The fraction of sp³-hybridized carbons (Fsp3) is 0.364. The Morgan fingerprint density at radius 2 is 1.69 bits per heavy atom. The maximum absolute atomic E-state index is 13.2. The summed E-state index contributed by atoms with van der Waals surface area (Å²) in [6, 6.07) is 16.9.